The van der Waals surface area contributed by atoms with E-state index in [1.54, 1.807) is 18.3 Å². The van der Waals surface area contributed by atoms with E-state index < -0.39 is 0 Å². The van der Waals surface area contributed by atoms with Gasteiger partial charge in [0, 0.05) is 12.3 Å². The second kappa shape index (κ2) is 5.27. The topological polar surface area (TPSA) is 48.1 Å². The molecular weight excluding hydrogens is 268 g/mol. The van der Waals surface area contributed by atoms with Crippen LogP contribution in [0.15, 0.2) is 60.8 Å². The third-order valence-corrected chi connectivity index (χ3v) is 3.15. The number of hydrogen-bond acceptors (Lipinski definition) is 3. The van der Waals surface area contributed by atoms with Gasteiger partial charge in [0.15, 0.2) is 0 Å². The molecule has 0 aliphatic rings. The summed E-state index contributed by atoms with van der Waals surface area (Å²) in [7, 11) is 0. The first-order valence-electron chi connectivity index (χ1n) is 6.15. The largest absolute Gasteiger partial charge is 0.457 e. The Labute approximate surface area is 122 Å². The van der Waals surface area contributed by atoms with Crippen LogP contribution in [-0.4, -0.2) is 9.97 Å². The van der Waals surface area contributed by atoms with Crippen molar-refractivity contribution < 1.29 is 4.74 Å². The summed E-state index contributed by atoms with van der Waals surface area (Å²) in [6, 6.07) is 17.6. The summed E-state index contributed by atoms with van der Waals surface area (Å²) in [5.74, 6) is 1.43. The van der Waals surface area contributed by atoms with Gasteiger partial charge in [0.25, 0.3) is 0 Å². The molecule has 3 nitrogen and oxygen atoms in total. The highest BCUT2D eigenvalue weighted by atomic mass is 32.1. The van der Waals surface area contributed by atoms with Crippen molar-refractivity contribution in [3.8, 4) is 11.5 Å². The van der Waals surface area contributed by atoms with Crippen molar-refractivity contribution in [3.63, 3.8) is 0 Å². The summed E-state index contributed by atoms with van der Waals surface area (Å²) in [5.41, 5.74) is 6.12. The quantitative estimate of drug-likeness (QED) is 0.744. The van der Waals surface area contributed by atoms with Crippen LogP contribution in [0.25, 0.3) is 10.8 Å². The fourth-order valence-electron chi connectivity index (χ4n) is 1.98. The second-order valence-electron chi connectivity index (χ2n) is 4.35. The molecule has 20 heavy (non-hydrogen) atoms. The van der Waals surface area contributed by atoms with Gasteiger partial charge in [0.2, 0.25) is 0 Å². The first-order chi connectivity index (χ1) is 9.72. The summed E-state index contributed by atoms with van der Waals surface area (Å²) < 4.78 is 5.82. The second-order valence-corrected chi connectivity index (χ2v) is 4.79. The van der Waals surface area contributed by atoms with Gasteiger partial charge in [-0.15, -0.1) is 0 Å². The van der Waals surface area contributed by atoms with Gasteiger partial charge in [-0.2, -0.15) is 0 Å². The van der Waals surface area contributed by atoms with E-state index in [1.807, 2.05) is 30.3 Å². The zero-order valence-corrected chi connectivity index (χ0v) is 11.4. The molecule has 1 aromatic heterocycles. The predicted molar refractivity (Wildman–Crippen MR) is 84.1 cm³/mol. The molecule has 0 aliphatic heterocycles. The number of aromatic nitrogens is 1. The van der Waals surface area contributed by atoms with E-state index in [9.17, 15) is 0 Å². The normalized spacial score (nSPS) is 10.4. The highest BCUT2D eigenvalue weighted by Gasteiger charge is 2.03. The lowest BCUT2D eigenvalue weighted by Crippen LogP contribution is -2.11. The van der Waals surface area contributed by atoms with E-state index in [1.165, 1.54) is 5.39 Å². The average Bonchev–Trinajstić information content (AvgIpc) is 2.47. The van der Waals surface area contributed by atoms with Crippen LogP contribution in [0.1, 0.15) is 5.69 Å². The fourth-order valence-corrected chi connectivity index (χ4v) is 2.09. The molecule has 0 aliphatic carbocycles. The molecule has 2 N–H and O–H groups in total. The first-order valence-corrected chi connectivity index (χ1v) is 6.56. The summed E-state index contributed by atoms with van der Waals surface area (Å²) in [6.45, 7) is 0. The Balaban J connectivity index is 1.92. The van der Waals surface area contributed by atoms with Gasteiger partial charge in [0.05, 0.1) is 0 Å². The maximum absolute atomic E-state index is 5.82. The molecule has 0 radical (unpaired) electrons. The van der Waals surface area contributed by atoms with E-state index in [-0.39, 0.29) is 4.99 Å². The minimum absolute atomic E-state index is 0.258. The van der Waals surface area contributed by atoms with Crippen LogP contribution in [0.4, 0.5) is 0 Å². The average molecular weight is 280 g/mol. The summed E-state index contributed by atoms with van der Waals surface area (Å²) in [4.78, 5) is 4.34. The molecule has 0 saturated carbocycles. The van der Waals surface area contributed by atoms with Crippen molar-refractivity contribution in [1.82, 2.24) is 4.98 Å². The predicted octanol–water partition coefficient (Wildman–Crippen LogP) is 3.66. The molecule has 3 rings (SSSR count). The summed E-state index contributed by atoms with van der Waals surface area (Å²) in [5, 5.41) is 2.31. The van der Waals surface area contributed by atoms with Gasteiger partial charge in [-0.1, -0.05) is 42.5 Å². The highest BCUT2D eigenvalue weighted by Crippen LogP contribution is 2.25. The van der Waals surface area contributed by atoms with Crippen molar-refractivity contribution in [2.45, 2.75) is 0 Å². The van der Waals surface area contributed by atoms with E-state index in [0.717, 1.165) is 11.1 Å². The number of rotatable bonds is 3. The number of hydrogen-bond donors (Lipinski definition) is 1. The first kappa shape index (κ1) is 12.6. The van der Waals surface area contributed by atoms with Crippen molar-refractivity contribution in [2.24, 2.45) is 5.73 Å². The lowest BCUT2D eigenvalue weighted by Gasteiger charge is -2.07. The third kappa shape index (κ3) is 2.60. The van der Waals surface area contributed by atoms with E-state index in [4.69, 9.17) is 22.7 Å². The monoisotopic (exact) mass is 280 g/mol. The van der Waals surface area contributed by atoms with Gasteiger partial charge >= 0.3 is 0 Å². The van der Waals surface area contributed by atoms with Crippen molar-refractivity contribution in [2.75, 3.05) is 0 Å². The van der Waals surface area contributed by atoms with E-state index in [2.05, 4.69) is 17.1 Å². The molecular formula is C16H12N2OS. The van der Waals surface area contributed by atoms with Crippen LogP contribution < -0.4 is 10.5 Å². The van der Waals surface area contributed by atoms with Gasteiger partial charge < -0.3 is 10.5 Å². The molecule has 0 bridgehead atoms. The standard InChI is InChI=1S/C16H12N2OS/c17-16(20)15-10-14(7-8-18-15)19-13-6-5-11-3-1-2-4-12(11)9-13/h1-10H,(H2,17,20). The zero-order chi connectivity index (χ0) is 13.9. The van der Waals surface area contributed by atoms with Crippen molar-refractivity contribution in [3.05, 3.63) is 66.5 Å². The molecule has 0 amide bonds. The summed E-state index contributed by atoms with van der Waals surface area (Å²) >= 11 is 4.91. The zero-order valence-electron chi connectivity index (χ0n) is 10.6. The SMILES string of the molecule is NC(=S)c1cc(Oc2ccc3ccccc3c2)ccn1. The molecule has 3 aromatic rings. The Morgan fingerprint density at radius 3 is 2.50 bits per heavy atom. The number of nitrogens with zero attached hydrogens (tertiary/aromatic N) is 1. The molecule has 1 heterocycles. The van der Waals surface area contributed by atoms with Gasteiger partial charge in [-0.3, -0.25) is 4.98 Å². The Bertz CT molecular complexity index is 786. The number of nitrogens with two attached hydrogens (primary N) is 1. The Morgan fingerprint density at radius 2 is 1.70 bits per heavy atom. The molecule has 0 atom stereocenters. The van der Waals surface area contributed by atoms with Crippen LogP contribution >= 0.6 is 12.2 Å². The molecule has 98 valence electrons. The number of fused-ring (bicyclic) bond motifs is 1. The number of thiocarbonyl (C=S) groups is 1. The number of pyridine rings is 1. The smallest absolute Gasteiger partial charge is 0.131 e. The summed E-state index contributed by atoms with van der Waals surface area (Å²) in [6.07, 6.45) is 1.63. The fraction of sp³-hybridized carbons (Fsp3) is 0. The lowest BCUT2D eigenvalue weighted by molar-refractivity contribution is 0.482. The van der Waals surface area contributed by atoms with Crippen LogP contribution in [0.5, 0.6) is 11.5 Å². The van der Waals surface area contributed by atoms with Crippen LogP contribution in [0.2, 0.25) is 0 Å². The Morgan fingerprint density at radius 1 is 0.950 bits per heavy atom. The molecule has 0 spiro atoms. The van der Waals surface area contributed by atoms with E-state index >= 15 is 0 Å². The molecule has 0 fully saturated rings. The maximum atomic E-state index is 5.82. The minimum atomic E-state index is 0.258. The van der Waals surface area contributed by atoms with Crippen molar-refractivity contribution >= 4 is 28.0 Å². The maximum Gasteiger partial charge on any atom is 0.131 e. The van der Waals surface area contributed by atoms with Gasteiger partial charge in [-0.25, -0.2) is 0 Å². The van der Waals surface area contributed by atoms with Crippen LogP contribution in [0.3, 0.4) is 0 Å². The molecule has 4 heteroatoms. The highest BCUT2D eigenvalue weighted by molar-refractivity contribution is 7.80. The van der Waals surface area contributed by atoms with E-state index in [0.29, 0.717) is 11.4 Å². The molecule has 0 saturated heterocycles. The minimum Gasteiger partial charge on any atom is -0.457 e. The molecule has 0 unspecified atom stereocenters. The number of ether oxygens (including phenoxy) is 1. The van der Waals surface area contributed by atoms with Crippen molar-refractivity contribution in [1.29, 1.82) is 0 Å². The Kier molecular flexibility index (Phi) is 3.31. The Hall–Kier alpha value is -2.46. The van der Waals surface area contributed by atoms with Crippen LogP contribution in [0, 0.1) is 0 Å². The molecule has 2 aromatic carbocycles. The van der Waals surface area contributed by atoms with Gasteiger partial charge in [0.1, 0.15) is 22.2 Å². The third-order valence-electron chi connectivity index (χ3n) is 2.94. The van der Waals surface area contributed by atoms with Gasteiger partial charge in [-0.05, 0) is 29.0 Å². The number of benzene rings is 2. The lowest BCUT2D eigenvalue weighted by atomic mass is 10.1. The van der Waals surface area contributed by atoms with Crippen LogP contribution in [-0.2, 0) is 0 Å².